The summed E-state index contributed by atoms with van der Waals surface area (Å²) >= 11 is 0. The maximum absolute atomic E-state index is 13.1. The van der Waals surface area contributed by atoms with Gasteiger partial charge in [0.15, 0.2) is 23.3 Å². The van der Waals surface area contributed by atoms with E-state index in [2.05, 4.69) is 0 Å². The molecule has 0 saturated carbocycles. The maximum Gasteiger partial charge on any atom is 0.454 e. The highest BCUT2D eigenvalue weighted by Gasteiger charge is 2.38. The van der Waals surface area contributed by atoms with E-state index in [1.165, 1.54) is 0 Å². The lowest BCUT2D eigenvalue weighted by Gasteiger charge is -2.08. The molecule has 0 unspecified atom stereocenters. The molecule has 1 rings (SSSR count). The van der Waals surface area contributed by atoms with Gasteiger partial charge in [-0.1, -0.05) is 0 Å². The van der Waals surface area contributed by atoms with Gasteiger partial charge in [-0.25, -0.2) is 22.0 Å². The number of hydrogen-bond donors (Lipinski definition) is 1. The lowest BCUT2D eigenvalue weighted by atomic mass is 10.1. The molecule has 0 saturated heterocycles. The highest BCUT2D eigenvalue weighted by atomic mass is 19.4. The van der Waals surface area contributed by atoms with Crippen molar-refractivity contribution in [2.45, 2.75) is 6.18 Å². The van der Waals surface area contributed by atoms with E-state index in [-0.39, 0.29) is 0 Å². The summed E-state index contributed by atoms with van der Waals surface area (Å²) in [5.41, 5.74) is -2.03. The third-order valence-corrected chi connectivity index (χ3v) is 2.01. The van der Waals surface area contributed by atoms with Gasteiger partial charge in [-0.3, -0.25) is 4.79 Å². The van der Waals surface area contributed by atoms with Crippen LogP contribution in [0.3, 0.4) is 0 Å². The van der Waals surface area contributed by atoms with Gasteiger partial charge in [-0.05, 0) is 0 Å². The molecule has 0 bridgehead atoms. The SMILES string of the molecule is O=C(/C=C(\O)c1c(F)c(F)c(F)c(F)c1F)C(F)(F)F. The van der Waals surface area contributed by atoms with Crippen LogP contribution in [0.4, 0.5) is 35.1 Å². The largest absolute Gasteiger partial charge is 0.507 e. The van der Waals surface area contributed by atoms with Crippen molar-refractivity contribution in [1.82, 2.24) is 0 Å². The molecule has 1 aromatic carbocycles. The topological polar surface area (TPSA) is 37.3 Å². The molecule has 1 aromatic rings. The van der Waals surface area contributed by atoms with Gasteiger partial charge in [0.1, 0.15) is 5.76 Å². The van der Waals surface area contributed by atoms with E-state index in [0.717, 1.165) is 0 Å². The summed E-state index contributed by atoms with van der Waals surface area (Å²) in [5, 5.41) is 8.96. The van der Waals surface area contributed by atoms with Crippen molar-refractivity contribution < 1.29 is 45.0 Å². The Hall–Kier alpha value is -2.13. The molecule has 0 fully saturated rings. The number of carbonyl (C=O) groups is 1. The first kappa shape index (κ1) is 15.9. The number of hydrogen-bond acceptors (Lipinski definition) is 2. The first-order valence-corrected chi connectivity index (χ1v) is 4.52. The van der Waals surface area contributed by atoms with E-state index < -0.39 is 58.4 Å². The number of benzene rings is 1. The van der Waals surface area contributed by atoms with E-state index in [4.69, 9.17) is 5.11 Å². The molecule has 0 aliphatic carbocycles. The van der Waals surface area contributed by atoms with Crippen molar-refractivity contribution in [3.63, 3.8) is 0 Å². The Bertz CT molecular complexity index is 573. The molecule has 0 aliphatic heterocycles. The maximum atomic E-state index is 13.1. The summed E-state index contributed by atoms with van der Waals surface area (Å²) in [6.07, 6.45) is -6.18. The molecular weight excluding hydrogens is 304 g/mol. The molecule has 0 atom stereocenters. The van der Waals surface area contributed by atoms with Crippen molar-refractivity contribution in [3.8, 4) is 0 Å². The number of alkyl halides is 3. The van der Waals surface area contributed by atoms with Crippen molar-refractivity contribution in [1.29, 1.82) is 0 Å². The molecule has 2 nitrogen and oxygen atoms in total. The number of ketones is 1. The lowest BCUT2D eigenvalue weighted by Crippen LogP contribution is -2.20. The van der Waals surface area contributed by atoms with Crippen molar-refractivity contribution in [2.75, 3.05) is 0 Å². The zero-order valence-electron chi connectivity index (χ0n) is 8.96. The Kier molecular flexibility index (Phi) is 4.06. The fourth-order valence-electron chi connectivity index (χ4n) is 1.11. The van der Waals surface area contributed by atoms with E-state index >= 15 is 0 Å². The zero-order valence-corrected chi connectivity index (χ0v) is 8.96. The molecule has 10 heteroatoms. The molecule has 0 aliphatic rings. The number of allylic oxidation sites excluding steroid dienone is 1. The third kappa shape index (κ3) is 2.73. The minimum absolute atomic E-state index is 0.696. The van der Waals surface area contributed by atoms with E-state index in [0.29, 0.717) is 0 Å². The number of rotatable bonds is 2. The summed E-state index contributed by atoms with van der Waals surface area (Å²) in [6.45, 7) is 0. The Morgan fingerprint density at radius 1 is 0.850 bits per heavy atom. The predicted octanol–water partition coefficient (Wildman–Crippen LogP) is 3.41. The monoisotopic (exact) mass is 306 g/mol. The van der Waals surface area contributed by atoms with Gasteiger partial charge < -0.3 is 5.11 Å². The van der Waals surface area contributed by atoms with Gasteiger partial charge in [-0.15, -0.1) is 0 Å². The minimum Gasteiger partial charge on any atom is -0.507 e. The summed E-state index contributed by atoms with van der Waals surface area (Å²) in [5.74, 6) is -17.4. The summed E-state index contributed by atoms with van der Waals surface area (Å²) in [6, 6.07) is 0. The van der Waals surface area contributed by atoms with Crippen LogP contribution in [0.5, 0.6) is 0 Å². The Morgan fingerprint density at radius 3 is 1.55 bits per heavy atom. The van der Waals surface area contributed by atoms with Gasteiger partial charge in [0.05, 0.1) is 5.56 Å². The smallest absolute Gasteiger partial charge is 0.454 e. The normalized spacial score (nSPS) is 12.7. The van der Waals surface area contributed by atoms with Crippen LogP contribution in [0.1, 0.15) is 5.56 Å². The van der Waals surface area contributed by atoms with E-state index in [1.807, 2.05) is 0 Å². The Labute approximate surface area is 104 Å². The van der Waals surface area contributed by atoms with Crippen LogP contribution in [0, 0.1) is 29.1 Å². The van der Waals surface area contributed by atoms with Crippen LogP contribution < -0.4 is 0 Å². The zero-order chi connectivity index (χ0) is 15.8. The highest BCUT2D eigenvalue weighted by Crippen LogP contribution is 2.28. The highest BCUT2D eigenvalue weighted by molar-refractivity contribution is 5.99. The minimum atomic E-state index is -5.49. The first-order valence-electron chi connectivity index (χ1n) is 4.52. The molecule has 110 valence electrons. The lowest BCUT2D eigenvalue weighted by molar-refractivity contribution is -0.165. The number of carbonyl (C=O) groups excluding carboxylic acids is 1. The summed E-state index contributed by atoms with van der Waals surface area (Å²) < 4.78 is 99.8. The fraction of sp³-hybridized carbons (Fsp3) is 0.100. The van der Waals surface area contributed by atoms with Crippen molar-refractivity contribution >= 4 is 11.5 Å². The van der Waals surface area contributed by atoms with Crippen LogP contribution in [0.25, 0.3) is 5.76 Å². The fourth-order valence-corrected chi connectivity index (χ4v) is 1.11. The predicted molar refractivity (Wildman–Crippen MR) is 47.9 cm³/mol. The second kappa shape index (κ2) is 5.10. The molecule has 1 N–H and O–H groups in total. The molecule has 0 amide bonds. The summed E-state index contributed by atoms with van der Waals surface area (Å²) in [4.78, 5) is 10.4. The average molecular weight is 306 g/mol. The second-order valence-corrected chi connectivity index (χ2v) is 3.34. The van der Waals surface area contributed by atoms with Crippen LogP contribution in [0.2, 0.25) is 0 Å². The Morgan fingerprint density at radius 2 is 1.20 bits per heavy atom. The van der Waals surface area contributed by atoms with Gasteiger partial charge in [0, 0.05) is 6.08 Å². The van der Waals surface area contributed by atoms with Gasteiger partial charge in [-0.2, -0.15) is 13.2 Å². The molecule has 0 heterocycles. The van der Waals surface area contributed by atoms with Crippen LogP contribution in [-0.4, -0.2) is 17.1 Å². The molecule has 20 heavy (non-hydrogen) atoms. The van der Waals surface area contributed by atoms with Crippen LogP contribution >= 0.6 is 0 Å². The molecule has 0 aromatic heterocycles. The van der Waals surface area contributed by atoms with Crippen LogP contribution in [0.15, 0.2) is 6.08 Å². The van der Waals surface area contributed by atoms with Gasteiger partial charge in [0.2, 0.25) is 5.82 Å². The average Bonchev–Trinajstić information content (AvgIpc) is 2.33. The standard InChI is InChI=1S/C10H2F8O2/c11-5-4(2(19)1-3(20)10(16,17)18)6(12)8(14)9(15)7(5)13/h1,19H/b2-1-. The van der Waals surface area contributed by atoms with Crippen LogP contribution in [-0.2, 0) is 4.79 Å². The molecular formula is C10H2F8O2. The van der Waals surface area contributed by atoms with Crippen molar-refractivity contribution in [2.24, 2.45) is 0 Å². The molecule has 0 spiro atoms. The van der Waals surface area contributed by atoms with E-state index in [9.17, 15) is 39.9 Å². The number of aliphatic hydroxyl groups is 1. The van der Waals surface area contributed by atoms with Crippen molar-refractivity contribution in [3.05, 3.63) is 40.7 Å². The van der Waals surface area contributed by atoms with E-state index in [1.54, 1.807) is 0 Å². The number of halogens is 8. The second-order valence-electron chi connectivity index (χ2n) is 3.34. The first-order chi connectivity index (χ1) is 8.98. The number of aliphatic hydroxyl groups excluding tert-OH is 1. The quantitative estimate of drug-likeness (QED) is 0.299. The molecule has 0 radical (unpaired) electrons. The third-order valence-electron chi connectivity index (χ3n) is 2.01. The van der Waals surface area contributed by atoms with Gasteiger partial charge >= 0.3 is 6.18 Å². The van der Waals surface area contributed by atoms with Gasteiger partial charge in [0.25, 0.3) is 5.78 Å². The summed E-state index contributed by atoms with van der Waals surface area (Å²) in [7, 11) is 0. The Balaban J connectivity index is 3.49.